The van der Waals surface area contributed by atoms with Gasteiger partial charge in [0.15, 0.2) is 17.5 Å². The molecule has 8 heteroatoms. The summed E-state index contributed by atoms with van der Waals surface area (Å²) >= 11 is 0. The van der Waals surface area contributed by atoms with E-state index in [0.717, 1.165) is 5.56 Å². The van der Waals surface area contributed by atoms with E-state index in [2.05, 4.69) is 4.72 Å². The number of sulfonamides is 1. The Morgan fingerprint density at radius 3 is 2.29 bits per heavy atom. The Morgan fingerprint density at radius 2 is 1.67 bits per heavy atom. The van der Waals surface area contributed by atoms with E-state index in [0.29, 0.717) is 30.9 Å². The van der Waals surface area contributed by atoms with Gasteiger partial charge in [-0.3, -0.25) is 0 Å². The van der Waals surface area contributed by atoms with Crippen molar-refractivity contribution in [3.05, 3.63) is 59.4 Å². The highest BCUT2D eigenvalue weighted by atomic mass is 32.2. The van der Waals surface area contributed by atoms with E-state index >= 15 is 0 Å². The van der Waals surface area contributed by atoms with Gasteiger partial charge in [0.1, 0.15) is 10.6 Å². The van der Waals surface area contributed by atoms with Gasteiger partial charge in [-0.25, -0.2) is 26.3 Å². The van der Waals surface area contributed by atoms with E-state index in [4.69, 9.17) is 4.74 Å². The Labute approximate surface area is 138 Å². The van der Waals surface area contributed by atoms with Crippen LogP contribution in [0.3, 0.4) is 0 Å². The fourth-order valence-electron chi connectivity index (χ4n) is 2.04. The molecule has 0 amide bonds. The summed E-state index contributed by atoms with van der Waals surface area (Å²) in [6, 6.07) is 8.31. The quantitative estimate of drug-likeness (QED) is 0.773. The highest BCUT2D eigenvalue weighted by Crippen LogP contribution is 2.19. The normalized spacial score (nSPS) is 11.5. The molecule has 0 aliphatic carbocycles. The monoisotopic (exact) mass is 359 g/mol. The molecule has 0 aliphatic rings. The summed E-state index contributed by atoms with van der Waals surface area (Å²) < 4.78 is 71.0. The number of hydrogen-bond acceptors (Lipinski definition) is 3. The summed E-state index contributed by atoms with van der Waals surface area (Å²) in [5.74, 6) is -4.29. The lowest BCUT2D eigenvalue weighted by Crippen LogP contribution is -2.27. The van der Waals surface area contributed by atoms with Gasteiger partial charge in [-0.2, -0.15) is 0 Å². The van der Waals surface area contributed by atoms with Gasteiger partial charge in [0.05, 0.1) is 6.61 Å². The minimum absolute atomic E-state index is 0.0191. The second-order valence-corrected chi connectivity index (χ2v) is 6.63. The maximum absolute atomic E-state index is 13.6. The van der Waals surface area contributed by atoms with Crippen molar-refractivity contribution in [1.29, 1.82) is 0 Å². The first kappa shape index (κ1) is 18.3. The number of ether oxygens (including phenoxy) is 1. The summed E-state index contributed by atoms with van der Waals surface area (Å²) in [5, 5.41) is 0. The van der Waals surface area contributed by atoms with Gasteiger partial charge in [0, 0.05) is 6.54 Å². The summed E-state index contributed by atoms with van der Waals surface area (Å²) in [4.78, 5) is -0.923. The van der Waals surface area contributed by atoms with Crippen LogP contribution in [-0.4, -0.2) is 21.6 Å². The molecular weight excluding hydrogens is 343 g/mol. The van der Waals surface area contributed by atoms with Crippen LogP contribution in [0.5, 0.6) is 5.75 Å². The van der Waals surface area contributed by atoms with Gasteiger partial charge in [0.2, 0.25) is 10.0 Å². The van der Waals surface area contributed by atoms with Crippen LogP contribution in [0.4, 0.5) is 13.2 Å². The lowest BCUT2D eigenvalue weighted by atomic mass is 10.1. The predicted octanol–water partition coefficient (Wildman–Crippen LogP) is 3.02. The predicted molar refractivity (Wildman–Crippen MR) is 82.8 cm³/mol. The minimum atomic E-state index is -4.27. The number of halogens is 3. The maximum Gasteiger partial charge on any atom is 0.243 e. The van der Waals surface area contributed by atoms with Crippen molar-refractivity contribution in [1.82, 2.24) is 4.72 Å². The molecule has 0 aromatic heterocycles. The van der Waals surface area contributed by atoms with Crippen molar-refractivity contribution in [3.63, 3.8) is 0 Å². The number of nitrogens with one attached hydrogen (secondary N) is 1. The van der Waals surface area contributed by atoms with E-state index < -0.39 is 32.4 Å². The van der Waals surface area contributed by atoms with Crippen LogP contribution in [0, 0.1) is 17.5 Å². The fraction of sp³-hybridized carbons (Fsp3) is 0.250. The molecule has 0 aliphatic heterocycles. The molecule has 4 nitrogen and oxygen atoms in total. The molecule has 130 valence electrons. The van der Waals surface area contributed by atoms with E-state index in [1.807, 2.05) is 6.92 Å². The first-order valence-corrected chi connectivity index (χ1v) is 8.68. The maximum atomic E-state index is 13.6. The average Bonchev–Trinajstić information content (AvgIpc) is 2.54. The minimum Gasteiger partial charge on any atom is -0.494 e. The first-order chi connectivity index (χ1) is 11.3. The molecule has 1 N–H and O–H groups in total. The molecule has 2 aromatic rings. The highest BCUT2D eigenvalue weighted by Gasteiger charge is 2.23. The molecule has 0 heterocycles. The van der Waals surface area contributed by atoms with Crippen molar-refractivity contribution in [3.8, 4) is 5.75 Å². The second-order valence-electron chi connectivity index (χ2n) is 4.90. The standard InChI is InChI=1S/C16H16F3NO3S/c1-2-23-12-5-3-11(4-6-12)9-10-20-24(21,22)14-8-7-13(17)15(18)16(14)19/h3-8,20H,2,9-10H2,1H3. The topological polar surface area (TPSA) is 55.4 Å². The molecule has 0 atom stereocenters. The molecule has 2 rings (SSSR count). The molecule has 0 spiro atoms. The number of rotatable bonds is 7. The zero-order valence-electron chi connectivity index (χ0n) is 12.9. The van der Waals surface area contributed by atoms with Crippen molar-refractivity contribution in [2.45, 2.75) is 18.2 Å². The lowest BCUT2D eigenvalue weighted by Gasteiger charge is -2.09. The molecule has 0 saturated carbocycles. The fourth-order valence-corrected chi connectivity index (χ4v) is 3.14. The molecule has 0 fully saturated rings. The van der Waals surface area contributed by atoms with E-state index in [1.54, 1.807) is 24.3 Å². The molecule has 0 unspecified atom stereocenters. The molecule has 2 aromatic carbocycles. The van der Waals surface area contributed by atoms with Gasteiger partial charge < -0.3 is 4.74 Å². The average molecular weight is 359 g/mol. The van der Waals surface area contributed by atoms with E-state index in [-0.39, 0.29) is 6.54 Å². The van der Waals surface area contributed by atoms with Crippen LogP contribution in [0.2, 0.25) is 0 Å². The van der Waals surface area contributed by atoms with Crippen LogP contribution in [0.25, 0.3) is 0 Å². The third-order valence-electron chi connectivity index (χ3n) is 3.23. The van der Waals surface area contributed by atoms with Crippen LogP contribution in [-0.2, 0) is 16.4 Å². The summed E-state index contributed by atoms with van der Waals surface area (Å²) in [7, 11) is -4.27. The molecule has 0 saturated heterocycles. The molecule has 0 bridgehead atoms. The Bertz CT molecular complexity index is 808. The molecule has 24 heavy (non-hydrogen) atoms. The third kappa shape index (κ3) is 4.27. The Balaban J connectivity index is 2.02. The largest absolute Gasteiger partial charge is 0.494 e. The SMILES string of the molecule is CCOc1ccc(CCNS(=O)(=O)c2ccc(F)c(F)c2F)cc1. The summed E-state index contributed by atoms with van der Waals surface area (Å²) in [5.41, 5.74) is 0.840. The zero-order chi connectivity index (χ0) is 17.7. The Hall–Kier alpha value is -2.06. The van der Waals surface area contributed by atoms with Crippen molar-refractivity contribution in [2.75, 3.05) is 13.2 Å². The van der Waals surface area contributed by atoms with Crippen LogP contribution in [0.15, 0.2) is 41.3 Å². The van der Waals surface area contributed by atoms with Gasteiger partial charge in [-0.1, -0.05) is 12.1 Å². The zero-order valence-corrected chi connectivity index (χ0v) is 13.7. The lowest BCUT2D eigenvalue weighted by molar-refractivity contribution is 0.340. The van der Waals surface area contributed by atoms with E-state index in [9.17, 15) is 21.6 Å². The van der Waals surface area contributed by atoms with Gasteiger partial charge in [-0.05, 0) is 43.2 Å². The van der Waals surface area contributed by atoms with Crippen molar-refractivity contribution in [2.24, 2.45) is 0 Å². The van der Waals surface area contributed by atoms with Gasteiger partial charge >= 0.3 is 0 Å². The smallest absolute Gasteiger partial charge is 0.243 e. The molecule has 0 radical (unpaired) electrons. The summed E-state index contributed by atoms with van der Waals surface area (Å²) in [6.07, 6.45) is 0.344. The van der Waals surface area contributed by atoms with Crippen molar-refractivity contribution >= 4 is 10.0 Å². The van der Waals surface area contributed by atoms with Gasteiger partial charge in [0.25, 0.3) is 0 Å². The van der Waals surface area contributed by atoms with E-state index in [1.165, 1.54) is 0 Å². The molecular formula is C16H16F3NO3S. The number of benzene rings is 2. The third-order valence-corrected chi connectivity index (χ3v) is 4.71. The highest BCUT2D eigenvalue weighted by molar-refractivity contribution is 7.89. The van der Waals surface area contributed by atoms with Gasteiger partial charge in [-0.15, -0.1) is 0 Å². The second kappa shape index (κ2) is 7.67. The van der Waals surface area contributed by atoms with Crippen LogP contribution >= 0.6 is 0 Å². The van der Waals surface area contributed by atoms with Crippen LogP contribution < -0.4 is 9.46 Å². The summed E-state index contributed by atoms with van der Waals surface area (Å²) in [6.45, 7) is 2.38. The van der Waals surface area contributed by atoms with Crippen LogP contribution in [0.1, 0.15) is 12.5 Å². The van der Waals surface area contributed by atoms with Crippen molar-refractivity contribution < 1.29 is 26.3 Å². The Morgan fingerprint density at radius 1 is 1.00 bits per heavy atom. The Kier molecular flexibility index (Phi) is 5.84. The number of hydrogen-bond donors (Lipinski definition) is 1. The first-order valence-electron chi connectivity index (χ1n) is 7.20.